The molecule has 0 spiro atoms. The second-order valence-electron chi connectivity index (χ2n) is 7.95. The average molecular weight is 242 g/mol. The maximum Gasteiger partial charge on any atom is 0.237 e. The first-order chi connectivity index (χ1) is 7.25. The van der Waals surface area contributed by atoms with Gasteiger partial charge in [0.2, 0.25) is 5.91 Å². The third-order valence-electron chi connectivity index (χ3n) is 2.65. The summed E-state index contributed by atoms with van der Waals surface area (Å²) in [5.74, 6) is -0.0632. The first-order valence-corrected chi connectivity index (χ1v) is 6.32. The number of hydrogen-bond acceptors (Lipinski definition) is 2. The first-order valence-electron chi connectivity index (χ1n) is 6.32. The fraction of sp³-hybridized carbons (Fsp3) is 0.929. The number of amides is 1. The molecule has 1 atom stereocenters. The van der Waals surface area contributed by atoms with Crippen LogP contribution < -0.4 is 11.1 Å². The summed E-state index contributed by atoms with van der Waals surface area (Å²) in [6, 6.07) is -0.471. The highest BCUT2D eigenvalue weighted by Crippen LogP contribution is 2.27. The number of nitrogens with one attached hydrogen (secondary N) is 1. The molecule has 3 nitrogen and oxygen atoms in total. The van der Waals surface area contributed by atoms with Crippen molar-refractivity contribution in [3.05, 3.63) is 0 Å². The van der Waals surface area contributed by atoms with Gasteiger partial charge in [-0.15, -0.1) is 0 Å². The Morgan fingerprint density at radius 1 is 1.06 bits per heavy atom. The zero-order valence-electron chi connectivity index (χ0n) is 12.8. The molecule has 0 aliphatic carbocycles. The molecule has 0 saturated carbocycles. The lowest BCUT2D eigenvalue weighted by molar-refractivity contribution is -0.126. The van der Waals surface area contributed by atoms with Crippen LogP contribution in [0.25, 0.3) is 0 Å². The van der Waals surface area contributed by atoms with Gasteiger partial charge in [-0.25, -0.2) is 0 Å². The van der Waals surface area contributed by atoms with Gasteiger partial charge in [0, 0.05) is 5.54 Å². The summed E-state index contributed by atoms with van der Waals surface area (Å²) in [5.41, 5.74) is 5.71. The third-order valence-corrected chi connectivity index (χ3v) is 2.65. The van der Waals surface area contributed by atoms with Gasteiger partial charge >= 0.3 is 0 Å². The molecule has 0 rings (SSSR count). The molecule has 1 amide bonds. The fourth-order valence-corrected chi connectivity index (χ4v) is 2.17. The molecule has 102 valence electrons. The minimum atomic E-state index is -0.471. The van der Waals surface area contributed by atoms with E-state index in [4.69, 9.17) is 5.73 Å². The zero-order chi connectivity index (χ0) is 14.1. The van der Waals surface area contributed by atoms with Gasteiger partial charge < -0.3 is 11.1 Å². The quantitative estimate of drug-likeness (QED) is 0.799. The molecule has 0 aromatic rings. The summed E-state index contributed by atoms with van der Waals surface area (Å²) in [6.45, 7) is 16.5. The third kappa shape index (κ3) is 6.67. The average Bonchev–Trinajstić information content (AvgIpc) is 1.94. The first kappa shape index (κ1) is 16.4. The minimum Gasteiger partial charge on any atom is -0.350 e. The largest absolute Gasteiger partial charge is 0.350 e. The Bertz CT molecular complexity index is 269. The summed E-state index contributed by atoms with van der Waals surface area (Å²) < 4.78 is 0. The molecule has 0 aliphatic heterocycles. The summed E-state index contributed by atoms with van der Waals surface area (Å²) in [6.07, 6.45) is 0.919. The van der Waals surface area contributed by atoms with E-state index in [9.17, 15) is 4.79 Å². The molecule has 0 radical (unpaired) electrons. The van der Waals surface area contributed by atoms with E-state index in [1.54, 1.807) is 0 Å². The number of hydrogen-bond donors (Lipinski definition) is 2. The highest BCUT2D eigenvalue weighted by Gasteiger charge is 2.32. The van der Waals surface area contributed by atoms with Crippen LogP contribution in [-0.2, 0) is 4.79 Å². The van der Waals surface area contributed by atoms with Crippen LogP contribution in [0.3, 0.4) is 0 Å². The minimum absolute atomic E-state index is 0.0632. The van der Waals surface area contributed by atoms with E-state index in [0.29, 0.717) is 0 Å². The van der Waals surface area contributed by atoms with Gasteiger partial charge in [0.15, 0.2) is 0 Å². The van der Waals surface area contributed by atoms with Crippen molar-refractivity contribution in [1.29, 1.82) is 0 Å². The van der Waals surface area contributed by atoms with Gasteiger partial charge in [-0.2, -0.15) is 0 Å². The highest BCUT2D eigenvalue weighted by atomic mass is 16.2. The normalized spacial score (nSPS) is 15.6. The Balaban J connectivity index is 4.58. The van der Waals surface area contributed by atoms with Crippen LogP contribution in [0.15, 0.2) is 0 Å². The van der Waals surface area contributed by atoms with Gasteiger partial charge in [-0.1, -0.05) is 41.5 Å². The van der Waals surface area contributed by atoms with Crippen molar-refractivity contribution in [2.75, 3.05) is 0 Å². The van der Waals surface area contributed by atoms with Crippen LogP contribution in [0, 0.1) is 10.8 Å². The lowest BCUT2D eigenvalue weighted by Crippen LogP contribution is -2.55. The van der Waals surface area contributed by atoms with Crippen molar-refractivity contribution < 1.29 is 4.79 Å². The lowest BCUT2D eigenvalue weighted by atomic mass is 9.81. The molecular weight excluding hydrogens is 212 g/mol. The van der Waals surface area contributed by atoms with Gasteiger partial charge in [-0.3, -0.25) is 4.79 Å². The molecule has 0 unspecified atom stereocenters. The van der Waals surface area contributed by atoms with Gasteiger partial charge in [0.1, 0.15) is 0 Å². The van der Waals surface area contributed by atoms with E-state index >= 15 is 0 Å². The Kier molecular flexibility index (Phi) is 4.80. The van der Waals surface area contributed by atoms with Crippen molar-refractivity contribution in [3.63, 3.8) is 0 Å². The van der Waals surface area contributed by atoms with Crippen LogP contribution in [0.4, 0.5) is 0 Å². The fourth-order valence-electron chi connectivity index (χ4n) is 2.17. The second kappa shape index (κ2) is 4.97. The van der Waals surface area contributed by atoms with Crippen LogP contribution in [0.2, 0.25) is 0 Å². The Hall–Kier alpha value is -0.570. The molecular formula is C14H30N2O. The van der Waals surface area contributed by atoms with Crippen molar-refractivity contribution in [1.82, 2.24) is 5.32 Å². The van der Waals surface area contributed by atoms with E-state index in [-0.39, 0.29) is 22.3 Å². The van der Waals surface area contributed by atoms with Crippen LogP contribution in [0.1, 0.15) is 61.8 Å². The molecule has 0 heterocycles. The maximum atomic E-state index is 12.1. The van der Waals surface area contributed by atoms with E-state index in [2.05, 4.69) is 26.1 Å². The van der Waals surface area contributed by atoms with Gasteiger partial charge in [0.25, 0.3) is 0 Å². The SMILES string of the molecule is CC(C)(C)CC(C)(C)NC(=O)[C@@H](N)C(C)(C)C. The molecule has 3 N–H and O–H groups in total. The van der Waals surface area contributed by atoms with Crippen molar-refractivity contribution >= 4 is 5.91 Å². The number of carbonyl (C=O) groups is 1. The standard InChI is InChI=1S/C14H30N2O/c1-12(2,3)9-14(7,8)16-11(17)10(15)13(4,5)6/h10H,9,15H2,1-8H3,(H,16,17)/t10-/m1/s1. The smallest absolute Gasteiger partial charge is 0.237 e. The van der Waals surface area contributed by atoms with Crippen molar-refractivity contribution in [2.45, 2.75) is 73.4 Å². The van der Waals surface area contributed by atoms with E-state index < -0.39 is 6.04 Å². The van der Waals surface area contributed by atoms with Crippen LogP contribution in [0.5, 0.6) is 0 Å². The molecule has 0 aromatic carbocycles. The van der Waals surface area contributed by atoms with Crippen molar-refractivity contribution in [3.8, 4) is 0 Å². The van der Waals surface area contributed by atoms with Gasteiger partial charge in [-0.05, 0) is 31.1 Å². The Morgan fingerprint density at radius 3 is 1.76 bits per heavy atom. The molecule has 0 aliphatic rings. The second-order valence-corrected chi connectivity index (χ2v) is 7.95. The topological polar surface area (TPSA) is 55.1 Å². The lowest BCUT2D eigenvalue weighted by Gasteiger charge is -2.36. The van der Waals surface area contributed by atoms with E-state index in [0.717, 1.165) is 6.42 Å². The molecule has 3 heteroatoms. The van der Waals surface area contributed by atoms with E-state index in [1.165, 1.54) is 0 Å². The highest BCUT2D eigenvalue weighted by molar-refractivity contribution is 5.82. The maximum absolute atomic E-state index is 12.1. The van der Waals surface area contributed by atoms with Crippen LogP contribution in [-0.4, -0.2) is 17.5 Å². The predicted molar refractivity (Wildman–Crippen MR) is 73.7 cm³/mol. The Labute approximate surface area is 107 Å². The number of rotatable bonds is 3. The zero-order valence-corrected chi connectivity index (χ0v) is 12.8. The monoisotopic (exact) mass is 242 g/mol. The molecule has 0 bridgehead atoms. The van der Waals surface area contributed by atoms with E-state index in [1.807, 2.05) is 34.6 Å². The van der Waals surface area contributed by atoms with Gasteiger partial charge in [0.05, 0.1) is 6.04 Å². The summed E-state index contributed by atoms with van der Waals surface area (Å²) in [5, 5.41) is 3.06. The van der Waals surface area contributed by atoms with Crippen LogP contribution >= 0.6 is 0 Å². The summed E-state index contributed by atoms with van der Waals surface area (Å²) in [7, 11) is 0. The number of nitrogens with two attached hydrogens (primary N) is 1. The predicted octanol–water partition coefficient (Wildman–Crippen LogP) is 2.69. The molecule has 0 saturated heterocycles. The van der Waals surface area contributed by atoms with Crippen molar-refractivity contribution in [2.24, 2.45) is 16.6 Å². The molecule has 17 heavy (non-hydrogen) atoms. The molecule has 0 aromatic heterocycles. The molecule has 0 fully saturated rings. The summed E-state index contributed by atoms with van der Waals surface area (Å²) >= 11 is 0. The number of carbonyl (C=O) groups excluding carboxylic acids is 1. The Morgan fingerprint density at radius 2 is 1.47 bits per heavy atom. The summed E-state index contributed by atoms with van der Waals surface area (Å²) in [4.78, 5) is 12.1.